The first-order chi connectivity index (χ1) is 9.49. The van der Waals surface area contributed by atoms with Crippen LogP contribution in [0.15, 0.2) is 18.2 Å². The molecule has 1 aliphatic rings. The number of ether oxygens (including phenoxy) is 1. The SMILES string of the molecule is COC(=O)C1(C)CCCN1NCc1cccc(F)c1F. The summed E-state index contributed by atoms with van der Waals surface area (Å²) >= 11 is 0. The van der Waals surface area contributed by atoms with Crippen LogP contribution in [0.5, 0.6) is 0 Å². The third kappa shape index (κ3) is 2.66. The lowest BCUT2D eigenvalue weighted by Crippen LogP contribution is -2.54. The van der Waals surface area contributed by atoms with Crippen LogP contribution in [0.4, 0.5) is 8.78 Å². The zero-order valence-corrected chi connectivity index (χ0v) is 11.6. The second-order valence-electron chi connectivity index (χ2n) is 5.07. The Labute approximate surface area is 116 Å². The van der Waals surface area contributed by atoms with Crippen LogP contribution >= 0.6 is 0 Å². The number of nitrogens with zero attached hydrogens (tertiary/aromatic N) is 1. The summed E-state index contributed by atoms with van der Waals surface area (Å²) < 4.78 is 31.5. The summed E-state index contributed by atoms with van der Waals surface area (Å²) in [6, 6.07) is 4.04. The van der Waals surface area contributed by atoms with Crippen LogP contribution in [0.2, 0.25) is 0 Å². The van der Waals surface area contributed by atoms with Crippen molar-refractivity contribution in [3.05, 3.63) is 35.4 Å². The molecule has 0 bridgehead atoms. The molecule has 0 saturated carbocycles. The zero-order valence-electron chi connectivity index (χ0n) is 11.6. The predicted octanol–water partition coefficient (Wildman–Crippen LogP) is 2.00. The predicted molar refractivity (Wildman–Crippen MR) is 69.6 cm³/mol. The Hall–Kier alpha value is -1.53. The maximum atomic E-state index is 13.6. The lowest BCUT2D eigenvalue weighted by atomic mass is 10.0. The summed E-state index contributed by atoms with van der Waals surface area (Å²) in [4.78, 5) is 11.8. The molecule has 20 heavy (non-hydrogen) atoms. The Bertz CT molecular complexity index is 510. The summed E-state index contributed by atoms with van der Waals surface area (Å²) in [5, 5.41) is 1.74. The van der Waals surface area contributed by atoms with Crippen molar-refractivity contribution in [1.82, 2.24) is 10.4 Å². The number of carbonyl (C=O) groups excluding carboxylic acids is 1. The summed E-state index contributed by atoms with van der Waals surface area (Å²) in [6.07, 6.45) is 1.50. The van der Waals surface area contributed by atoms with Gasteiger partial charge in [0.05, 0.1) is 7.11 Å². The standard InChI is InChI=1S/C14H18F2N2O2/c1-14(13(19)20-2)7-4-8-18(14)17-9-10-5-3-6-11(15)12(10)16/h3,5-6,17H,4,7-9H2,1-2H3. The van der Waals surface area contributed by atoms with Crippen LogP contribution in [-0.2, 0) is 16.1 Å². The van der Waals surface area contributed by atoms with E-state index in [1.807, 2.05) is 0 Å². The largest absolute Gasteiger partial charge is 0.468 e. The van der Waals surface area contributed by atoms with E-state index in [4.69, 9.17) is 4.74 Å². The van der Waals surface area contributed by atoms with Crippen LogP contribution in [0, 0.1) is 11.6 Å². The van der Waals surface area contributed by atoms with Gasteiger partial charge in [0.1, 0.15) is 5.54 Å². The number of benzene rings is 1. The minimum atomic E-state index is -0.874. The fourth-order valence-corrected chi connectivity index (χ4v) is 2.51. The van der Waals surface area contributed by atoms with Gasteiger partial charge in [-0.1, -0.05) is 12.1 Å². The fourth-order valence-electron chi connectivity index (χ4n) is 2.51. The summed E-state index contributed by atoms with van der Waals surface area (Å²) in [7, 11) is 1.34. The topological polar surface area (TPSA) is 41.6 Å². The van der Waals surface area contributed by atoms with Gasteiger partial charge in [0, 0.05) is 18.7 Å². The van der Waals surface area contributed by atoms with E-state index in [9.17, 15) is 13.6 Å². The molecule has 1 N–H and O–H groups in total. The van der Waals surface area contributed by atoms with E-state index >= 15 is 0 Å². The molecule has 1 unspecified atom stereocenters. The van der Waals surface area contributed by atoms with E-state index in [1.54, 1.807) is 11.9 Å². The molecule has 2 rings (SSSR count). The van der Waals surface area contributed by atoms with Crippen molar-refractivity contribution in [2.75, 3.05) is 13.7 Å². The van der Waals surface area contributed by atoms with Crippen LogP contribution in [0.1, 0.15) is 25.3 Å². The third-order valence-electron chi connectivity index (χ3n) is 3.76. The van der Waals surface area contributed by atoms with Gasteiger partial charge in [-0.3, -0.25) is 4.79 Å². The van der Waals surface area contributed by atoms with Gasteiger partial charge < -0.3 is 4.74 Å². The molecule has 0 aromatic heterocycles. The molecule has 1 atom stereocenters. The molecule has 1 fully saturated rings. The van der Waals surface area contributed by atoms with Crippen molar-refractivity contribution in [3.63, 3.8) is 0 Å². The normalized spacial score (nSPS) is 23.0. The molecule has 1 saturated heterocycles. The number of hydrogen-bond donors (Lipinski definition) is 1. The van der Waals surface area contributed by atoms with Crippen molar-refractivity contribution >= 4 is 5.97 Å². The van der Waals surface area contributed by atoms with Crippen molar-refractivity contribution < 1.29 is 18.3 Å². The third-order valence-corrected chi connectivity index (χ3v) is 3.76. The van der Waals surface area contributed by atoms with Gasteiger partial charge in [0.2, 0.25) is 0 Å². The van der Waals surface area contributed by atoms with Gasteiger partial charge in [0.25, 0.3) is 0 Å². The highest BCUT2D eigenvalue weighted by Crippen LogP contribution is 2.28. The highest BCUT2D eigenvalue weighted by molar-refractivity contribution is 5.80. The summed E-state index contributed by atoms with van der Waals surface area (Å²) in [6.45, 7) is 2.56. The highest BCUT2D eigenvalue weighted by Gasteiger charge is 2.44. The summed E-state index contributed by atoms with van der Waals surface area (Å²) in [5.74, 6) is -2.07. The first-order valence-corrected chi connectivity index (χ1v) is 6.51. The van der Waals surface area contributed by atoms with Gasteiger partial charge in [-0.25, -0.2) is 19.2 Å². The number of carbonyl (C=O) groups is 1. The van der Waals surface area contributed by atoms with Crippen LogP contribution in [0.25, 0.3) is 0 Å². The molecule has 1 aromatic carbocycles. The smallest absolute Gasteiger partial charge is 0.327 e. The molecule has 6 heteroatoms. The van der Waals surface area contributed by atoms with Gasteiger partial charge in [-0.05, 0) is 25.8 Å². The minimum absolute atomic E-state index is 0.121. The Balaban J connectivity index is 2.07. The Kier molecular flexibility index (Phi) is 4.35. The quantitative estimate of drug-likeness (QED) is 0.859. The minimum Gasteiger partial charge on any atom is -0.468 e. The molecule has 0 radical (unpaired) electrons. The number of methoxy groups -OCH3 is 1. The average Bonchev–Trinajstić information content (AvgIpc) is 2.82. The number of halogens is 2. The van der Waals surface area contributed by atoms with Crippen LogP contribution < -0.4 is 5.43 Å². The summed E-state index contributed by atoms with van der Waals surface area (Å²) in [5.41, 5.74) is 2.46. The molecule has 0 aliphatic carbocycles. The van der Waals surface area contributed by atoms with Crippen LogP contribution in [0.3, 0.4) is 0 Å². The maximum Gasteiger partial charge on any atom is 0.327 e. The van der Waals surface area contributed by atoms with Crippen LogP contribution in [-0.4, -0.2) is 30.2 Å². The first kappa shape index (κ1) is 14.9. The lowest BCUT2D eigenvalue weighted by molar-refractivity contribution is -0.154. The van der Waals surface area contributed by atoms with E-state index in [-0.39, 0.29) is 18.1 Å². The Morgan fingerprint density at radius 2 is 2.25 bits per heavy atom. The van der Waals surface area contributed by atoms with Gasteiger partial charge in [0.15, 0.2) is 11.6 Å². The van der Waals surface area contributed by atoms with Gasteiger partial charge >= 0.3 is 5.97 Å². The highest BCUT2D eigenvalue weighted by atomic mass is 19.2. The first-order valence-electron chi connectivity index (χ1n) is 6.51. The monoisotopic (exact) mass is 284 g/mol. The van der Waals surface area contributed by atoms with E-state index < -0.39 is 17.2 Å². The number of rotatable bonds is 4. The van der Waals surface area contributed by atoms with E-state index in [0.29, 0.717) is 13.0 Å². The molecule has 0 spiro atoms. The number of hydrazine groups is 1. The van der Waals surface area contributed by atoms with Crippen molar-refractivity contribution in [2.45, 2.75) is 31.8 Å². The van der Waals surface area contributed by atoms with Crippen molar-refractivity contribution in [2.24, 2.45) is 0 Å². The molecule has 0 amide bonds. The molecule has 110 valence electrons. The second kappa shape index (κ2) is 5.85. The van der Waals surface area contributed by atoms with E-state index in [1.165, 1.54) is 19.2 Å². The number of esters is 1. The number of nitrogens with one attached hydrogen (secondary N) is 1. The molecule has 1 aliphatic heterocycles. The molecule has 1 aromatic rings. The van der Waals surface area contributed by atoms with Gasteiger partial charge in [-0.2, -0.15) is 0 Å². The zero-order chi connectivity index (χ0) is 14.8. The van der Waals surface area contributed by atoms with Crippen molar-refractivity contribution in [1.29, 1.82) is 0 Å². The Morgan fingerprint density at radius 3 is 2.95 bits per heavy atom. The van der Waals surface area contributed by atoms with E-state index in [0.717, 1.165) is 12.5 Å². The second-order valence-corrected chi connectivity index (χ2v) is 5.07. The maximum absolute atomic E-state index is 13.6. The van der Waals surface area contributed by atoms with Crippen molar-refractivity contribution in [3.8, 4) is 0 Å². The molecule has 4 nitrogen and oxygen atoms in total. The van der Waals surface area contributed by atoms with Gasteiger partial charge in [-0.15, -0.1) is 0 Å². The molecule has 1 heterocycles. The number of hydrogen-bond acceptors (Lipinski definition) is 4. The molecular weight excluding hydrogens is 266 g/mol. The molecular formula is C14H18F2N2O2. The average molecular weight is 284 g/mol. The Morgan fingerprint density at radius 1 is 1.50 bits per heavy atom. The van der Waals surface area contributed by atoms with E-state index in [2.05, 4.69) is 5.43 Å². The fraction of sp³-hybridized carbons (Fsp3) is 0.500. The lowest BCUT2D eigenvalue weighted by Gasteiger charge is -2.32.